The highest BCUT2D eigenvalue weighted by molar-refractivity contribution is 5.85. The van der Waals surface area contributed by atoms with Gasteiger partial charge in [-0.05, 0) is 65.3 Å². The highest BCUT2D eigenvalue weighted by atomic mass is 19.1. The van der Waals surface area contributed by atoms with Crippen LogP contribution in [-0.2, 0) is 17.6 Å². The molecule has 3 atom stereocenters. The summed E-state index contributed by atoms with van der Waals surface area (Å²) in [6.07, 6.45) is 14.7. The Bertz CT molecular complexity index is 1180. The number of allylic oxidation sites excluding steroid dienone is 1. The average molecular weight is 474 g/mol. The van der Waals surface area contributed by atoms with Crippen LogP contribution in [0, 0.1) is 23.6 Å². The monoisotopic (exact) mass is 473 g/mol. The van der Waals surface area contributed by atoms with Gasteiger partial charge in [-0.25, -0.2) is 4.39 Å². The quantitative estimate of drug-likeness (QED) is 0.472. The summed E-state index contributed by atoms with van der Waals surface area (Å²) < 4.78 is 15.3. The van der Waals surface area contributed by atoms with Crippen molar-refractivity contribution in [2.24, 2.45) is 28.5 Å². The molecule has 0 saturated heterocycles. The molecule has 1 saturated carbocycles. The molecule has 1 aliphatic carbocycles. The van der Waals surface area contributed by atoms with Gasteiger partial charge in [-0.1, -0.05) is 64.2 Å². The van der Waals surface area contributed by atoms with Crippen LogP contribution < -0.4 is 11.1 Å². The SMILES string of the molecule is CCC1C=CNc2c(CC(N)=O)c(F)cc(-c3ccc4c(c3)N=CC(C(C)C3CCCCC3)C4)c21. The minimum Gasteiger partial charge on any atom is -0.369 e. The van der Waals surface area contributed by atoms with Crippen LogP contribution in [0.3, 0.4) is 0 Å². The number of nitrogens with two attached hydrogens (primary N) is 1. The molecule has 35 heavy (non-hydrogen) atoms. The van der Waals surface area contributed by atoms with E-state index in [-0.39, 0.29) is 12.3 Å². The zero-order valence-corrected chi connectivity index (χ0v) is 20.8. The summed E-state index contributed by atoms with van der Waals surface area (Å²) in [6.45, 7) is 4.52. The summed E-state index contributed by atoms with van der Waals surface area (Å²) in [5, 5.41) is 3.21. The molecule has 2 aromatic rings. The molecule has 2 aliphatic heterocycles. The van der Waals surface area contributed by atoms with E-state index in [9.17, 15) is 4.79 Å². The number of nitrogens with zero attached hydrogens (tertiary/aromatic N) is 1. The van der Waals surface area contributed by atoms with Gasteiger partial charge in [-0.2, -0.15) is 0 Å². The maximum atomic E-state index is 15.3. The Kier molecular flexibility index (Phi) is 6.77. The third-order valence-electron chi connectivity index (χ3n) is 8.46. The summed E-state index contributed by atoms with van der Waals surface area (Å²) >= 11 is 0. The summed E-state index contributed by atoms with van der Waals surface area (Å²) in [7, 11) is 0. The van der Waals surface area contributed by atoms with Gasteiger partial charge in [0.1, 0.15) is 5.82 Å². The number of rotatable bonds is 6. The normalized spacial score (nSPS) is 22.3. The Hall–Kier alpha value is -2.95. The summed E-state index contributed by atoms with van der Waals surface area (Å²) in [5.74, 6) is 1.12. The van der Waals surface area contributed by atoms with E-state index in [0.29, 0.717) is 23.1 Å². The van der Waals surface area contributed by atoms with Crippen molar-refractivity contribution in [3.8, 4) is 11.1 Å². The number of primary amides is 1. The maximum Gasteiger partial charge on any atom is 0.222 e. The third kappa shape index (κ3) is 4.65. The van der Waals surface area contributed by atoms with Gasteiger partial charge in [-0.3, -0.25) is 9.79 Å². The second-order valence-corrected chi connectivity index (χ2v) is 10.6. The number of amides is 1. The zero-order chi connectivity index (χ0) is 24.5. The van der Waals surface area contributed by atoms with Gasteiger partial charge in [0.2, 0.25) is 5.91 Å². The number of hydrogen-bond donors (Lipinski definition) is 2. The maximum absolute atomic E-state index is 15.3. The lowest BCUT2D eigenvalue weighted by atomic mass is 9.73. The number of aliphatic imine (C=N–C) groups is 1. The van der Waals surface area contributed by atoms with E-state index in [0.717, 1.165) is 41.1 Å². The molecule has 4 nitrogen and oxygen atoms in total. The van der Waals surface area contributed by atoms with Crippen LogP contribution in [0.25, 0.3) is 11.1 Å². The molecular weight excluding hydrogens is 437 g/mol. The second-order valence-electron chi connectivity index (χ2n) is 10.6. The highest BCUT2D eigenvalue weighted by Crippen LogP contribution is 2.45. The van der Waals surface area contributed by atoms with E-state index < -0.39 is 11.7 Å². The van der Waals surface area contributed by atoms with Gasteiger partial charge >= 0.3 is 0 Å². The molecule has 5 heteroatoms. The molecule has 0 bridgehead atoms. The molecule has 3 unspecified atom stereocenters. The lowest BCUT2D eigenvalue weighted by molar-refractivity contribution is -0.117. The van der Waals surface area contributed by atoms with Crippen LogP contribution in [0.2, 0.25) is 0 Å². The van der Waals surface area contributed by atoms with Crippen molar-refractivity contribution < 1.29 is 9.18 Å². The van der Waals surface area contributed by atoms with Gasteiger partial charge < -0.3 is 11.1 Å². The largest absolute Gasteiger partial charge is 0.369 e. The Morgan fingerprint density at radius 3 is 2.77 bits per heavy atom. The van der Waals surface area contributed by atoms with Crippen molar-refractivity contribution in [3.63, 3.8) is 0 Å². The number of hydrogen-bond acceptors (Lipinski definition) is 3. The predicted octanol–water partition coefficient (Wildman–Crippen LogP) is 7.04. The molecule has 0 spiro atoms. The van der Waals surface area contributed by atoms with Crippen LogP contribution in [0.1, 0.15) is 75.0 Å². The number of carbonyl (C=O) groups excluding carboxylic acids is 1. The van der Waals surface area contributed by atoms with Crippen LogP contribution in [0.15, 0.2) is 41.5 Å². The van der Waals surface area contributed by atoms with E-state index in [1.165, 1.54) is 37.7 Å². The molecule has 5 rings (SSSR count). The Morgan fingerprint density at radius 1 is 1.23 bits per heavy atom. The molecule has 2 heterocycles. The number of carbonyl (C=O) groups is 1. The number of anilines is 1. The fraction of sp³-hybridized carbons (Fsp3) is 0.467. The first-order valence-corrected chi connectivity index (χ1v) is 13.2. The molecule has 0 aromatic heterocycles. The van der Waals surface area contributed by atoms with Crippen molar-refractivity contribution in [2.45, 2.75) is 71.1 Å². The number of nitrogens with one attached hydrogen (secondary N) is 1. The van der Waals surface area contributed by atoms with Gasteiger partial charge in [0.05, 0.1) is 12.1 Å². The van der Waals surface area contributed by atoms with Gasteiger partial charge in [0.25, 0.3) is 0 Å². The van der Waals surface area contributed by atoms with E-state index in [2.05, 4.69) is 49.7 Å². The van der Waals surface area contributed by atoms with Crippen LogP contribution >= 0.6 is 0 Å². The fourth-order valence-corrected chi connectivity index (χ4v) is 6.37. The summed E-state index contributed by atoms with van der Waals surface area (Å²) in [5.41, 5.74) is 11.5. The van der Waals surface area contributed by atoms with E-state index >= 15 is 4.39 Å². The van der Waals surface area contributed by atoms with E-state index in [1.807, 2.05) is 6.20 Å². The average Bonchev–Trinajstić information content (AvgIpc) is 2.89. The summed E-state index contributed by atoms with van der Waals surface area (Å²) in [6, 6.07) is 7.95. The number of halogens is 1. The van der Waals surface area contributed by atoms with E-state index in [1.54, 1.807) is 6.07 Å². The zero-order valence-electron chi connectivity index (χ0n) is 20.8. The standard InChI is InChI=1S/C30H36FN3O/c1-3-19-11-12-33-30-25(16-28(32)35)26(31)15-24(29(19)30)21-9-10-22-13-23(17-34-27(22)14-21)18(2)20-7-5-4-6-8-20/h9-12,14-15,17-20,23,33H,3-8,13,16H2,1-2H3,(H2,32,35). The van der Waals surface area contributed by atoms with Gasteiger partial charge in [-0.15, -0.1) is 0 Å². The van der Waals surface area contributed by atoms with Crippen molar-refractivity contribution in [3.05, 3.63) is 59.0 Å². The first kappa shape index (κ1) is 23.8. The lowest BCUT2D eigenvalue weighted by Gasteiger charge is -2.33. The molecule has 184 valence electrons. The topological polar surface area (TPSA) is 67.5 Å². The Labute approximate surface area is 207 Å². The van der Waals surface area contributed by atoms with Crippen LogP contribution in [0.5, 0.6) is 0 Å². The second kappa shape index (κ2) is 9.96. The minimum atomic E-state index is -0.539. The molecule has 3 N–H and O–H groups in total. The highest BCUT2D eigenvalue weighted by Gasteiger charge is 2.29. The molecule has 1 amide bonds. The molecule has 2 aromatic carbocycles. The van der Waals surface area contributed by atoms with Crippen molar-refractivity contribution >= 4 is 23.5 Å². The Morgan fingerprint density at radius 2 is 2.03 bits per heavy atom. The third-order valence-corrected chi connectivity index (χ3v) is 8.46. The first-order valence-electron chi connectivity index (χ1n) is 13.2. The Balaban J connectivity index is 1.49. The summed E-state index contributed by atoms with van der Waals surface area (Å²) in [4.78, 5) is 16.5. The molecule has 0 radical (unpaired) electrons. The van der Waals surface area contributed by atoms with E-state index in [4.69, 9.17) is 10.7 Å². The molecule has 3 aliphatic rings. The van der Waals surface area contributed by atoms with Crippen molar-refractivity contribution in [2.75, 3.05) is 5.32 Å². The van der Waals surface area contributed by atoms with Crippen molar-refractivity contribution in [1.29, 1.82) is 0 Å². The first-order chi connectivity index (χ1) is 17.0. The van der Waals surface area contributed by atoms with Gasteiger partial charge in [0.15, 0.2) is 0 Å². The fourth-order valence-electron chi connectivity index (χ4n) is 6.37. The molecular formula is C30H36FN3O. The lowest BCUT2D eigenvalue weighted by Crippen LogP contribution is -2.26. The van der Waals surface area contributed by atoms with Gasteiger partial charge in [0, 0.05) is 29.3 Å². The number of fused-ring (bicyclic) bond motifs is 2. The number of benzene rings is 2. The van der Waals surface area contributed by atoms with Crippen LogP contribution in [0.4, 0.5) is 15.8 Å². The smallest absolute Gasteiger partial charge is 0.222 e. The minimum absolute atomic E-state index is 0.124. The molecule has 1 fully saturated rings. The van der Waals surface area contributed by atoms with Crippen molar-refractivity contribution in [1.82, 2.24) is 0 Å². The van der Waals surface area contributed by atoms with Crippen LogP contribution in [-0.4, -0.2) is 12.1 Å². The predicted molar refractivity (Wildman–Crippen MR) is 142 cm³/mol.